The van der Waals surface area contributed by atoms with Gasteiger partial charge in [-0.15, -0.1) is 0 Å². The first-order chi connectivity index (χ1) is 46.5. The Morgan fingerprint density at radius 1 is 0.316 bits per heavy atom. The summed E-state index contributed by atoms with van der Waals surface area (Å²) in [4.78, 5) is 25.1. The molecule has 0 atom stereocenters. The van der Waals surface area contributed by atoms with Gasteiger partial charge in [0.2, 0.25) is 0 Å². The molecule has 6 aromatic rings. The second kappa shape index (κ2) is 53.8. The molecule has 33 heteroatoms. The van der Waals surface area contributed by atoms with Crippen LogP contribution in [0.15, 0.2) is 161 Å². The maximum absolute atomic E-state index is 8.79. The van der Waals surface area contributed by atoms with E-state index in [1.165, 1.54) is 0 Å². The Balaban J connectivity index is 0.00000168. The highest BCUT2D eigenvalue weighted by Crippen LogP contribution is 2.17. The molecule has 0 unspecified atom stereocenters. The summed E-state index contributed by atoms with van der Waals surface area (Å²) in [5.74, 6) is 3.83. The van der Waals surface area contributed by atoms with E-state index in [0.717, 1.165) is 0 Å². The highest BCUT2D eigenvalue weighted by molar-refractivity contribution is 5.98. The first kappa shape index (κ1) is 86.5. The third-order valence-corrected chi connectivity index (χ3v) is 11.9. The van der Waals surface area contributed by atoms with Gasteiger partial charge in [-0.2, -0.15) is 0 Å². The van der Waals surface area contributed by atoms with Crippen LogP contribution in [0, 0.1) is 16.2 Å². The number of nitrogen functional groups attached to an aromatic ring is 3. The summed E-state index contributed by atoms with van der Waals surface area (Å²) in [6.07, 6.45) is -0.741. The van der Waals surface area contributed by atoms with Crippen LogP contribution in [0.4, 0.5) is 0 Å². The van der Waals surface area contributed by atoms with E-state index in [1.807, 2.05) is 0 Å². The average molecular weight is 1380 g/mol. The smallest absolute Gasteiger partial charge is 0.290 e. The van der Waals surface area contributed by atoms with E-state index in [4.69, 9.17) is 153 Å². The Morgan fingerprint density at radius 2 is 0.480 bits per heavy atom. The lowest BCUT2D eigenvalue weighted by Gasteiger charge is -2.19. The zero-order chi connectivity index (χ0) is 70.6. The number of nitrogens with one attached hydrogen (secondary N) is 3. The van der Waals surface area contributed by atoms with Crippen LogP contribution in [0.1, 0.15) is 48.2 Å². The van der Waals surface area contributed by atoms with Crippen LogP contribution in [0.25, 0.3) is 0 Å². The molecule has 21 N–H and O–H groups in total. The molecule has 0 aliphatic rings. The van der Waals surface area contributed by atoms with Gasteiger partial charge >= 0.3 is 0 Å². The predicted molar refractivity (Wildman–Crippen MR) is 364 cm³/mol. The SMILES string of the molecule is C.C.N=C(N)c1ccc(OCCOCC(COCCOc2ccc(C(=N)N)cc2)OCCOc2ccc(C(=N)N)cc2)cc1.NC(=NO)c1ccc(OCCOCC(COCCOc2ccc(C(N)=NO)cc2)OCCOc2ccc(C(N)=NO)cc2)cc1.O=CO.O=CO.O=CO. The van der Waals surface area contributed by atoms with Crippen molar-refractivity contribution in [2.45, 2.75) is 27.1 Å². The highest BCUT2D eigenvalue weighted by atomic mass is 16.6. The average Bonchev–Trinajstić information content (AvgIpc) is 0.997. The van der Waals surface area contributed by atoms with Crippen LogP contribution >= 0.6 is 0 Å². The van der Waals surface area contributed by atoms with Crippen molar-refractivity contribution in [2.24, 2.45) is 49.9 Å². The number of ether oxygens (including phenoxy) is 12. The molecule has 0 fully saturated rings. The van der Waals surface area contributed by atoms with Gasteiger partial charge in [0.1, 0.15) is 104 Å². The number of amidine groups is 6. The van der Waals surface area contributed by atoms with Gasteiger partial charge in [-0.3, -0.25) is 30.6 Å². The molecular formula is C65H90N12O21. The van der Waals surface area contributed by atoms with Gasteiger partial charge < -0.3 is 122 Å². The van der Waals surface area contributed by atoms with E-state index >= 15 is 0 Å². The van der Waals surface area contributed by atoms with E-state index in [-0.39, 0.29) is 115 Å². The van der Waals surface area contributed by atoms with Crippen molar-refractivity contribution in [3.8, 4) is 34.5 Å². The summed E-state index contributed by atoms with van der Waals surface area (Å²) < 4.78 is 69.2. The number of rotatable bonds is 40. The van der Waals surface area contributed by atoms with Crippen molar-refractivity contribution >= 4 is 54.4 Å². The standard InChI is InChI=1S/C30H38N6O9.C30H38N6O6.3CH2O2.2CH4/c31-28(34-37)21-1-7-24(8-2-21)42-15-13-40-19-27(45-18-17-44-26-11-5-23(6-12-26)30(33)36-39)20-41-14-16-43-25-9-3-22(4-10-25)29(32)35-38;31-28(32)21-1-7-24(8-2-21)39-15-13-37-19-27(42-18-17-41-26-11-5-23(6-12-26)30(35)36)20-38-14-16-40-25-9-3-22(4-10-25)29(33)34;3*2-1-3;;/h1-12,27,37-39H,13-20H2,(H2,31,34)(H2,32,35)(H2,33,36);1-12,27H,13-20H2,(H3,31,32)(H3,33,34)(H3,35,36);3*1H,(H,2,3);2*1H4. The Hall–Kier alpha value is -11.5. The maximum atomic E-state index is 8.79. The molecule has 0 radical (unpaired) electrons. The lowest BCUT2D eigenvalue weighted by Crippen LogP contribution is -2.29. The quantitative estimate of drug-likeness (QED) is 0.00614. The van der Waals surface area contributed by atoms with Gasteiger partial charge in [0, 0.05) is 33.4 Å². The van der Waals surface area contributed by atoms with Gasteiger partial charge in [0.25, 0.3) is 19.4 Å². The van der Waals surface area contributed by atoms with Crippen LogP contribution in [0.5, 0.6) is 34.5 Å². The van der Waals surface area contributed by atoms with Gasteiger partial charge in [-0.05, 0) is 146 Å². The molecule has 536 valence electrons. The van der Waals surface area contributed by atoms with Crippen LogP contribution in [-0.4, -0.2) is 203 Å². The molecule has 0 amide bonds. The summed E-state index contributed by atoms with van der Waals surface area (Å²) in [5, 5.41) is 78.3. The van der Waals surface area contributed by atoms with Crippen molar-refractivity contribution in [3.63, 3.8) is 0 Å². The number of hydrogen-bond acceptors (Lipinski definition) is 24. The van der Waals surface area contributed by atoms with Crippen molar-refractivity contribution in [3.05, 3.63) is 179 Å². The van der Waals surface area contributed by atoms with E-state index in [0.29, 0.717) is 134 Å². The lowest BCUT2D eigenvalue weighted by molar-refractivity contribution is -0.123. The number of nitrogens with two attached hydrogens (primary N) is 6. The van der Waals surface area contributed by atoms with E-state index in [9.17, 15) is 0 Å². The Morgan fingerprint density at radius 3 is 0.643 bits per heavy atom. The minimum atomic E-state index is -0.392. The number of hydrogen-bond donors (Lipinski definition) is 15. The zero-order valence-electron chi connectivity index (χ0n) is 52.2. The van der Waals surface area contributed by atoms with Gasteiger partial charge in [0.05, 0.1) is 66.1 Å². The number of nitrogens with zero attached hydrogens (tertiary/aromatic N) is 3. The van der Waals surface area contributed by atoms with Crippen LogP contribution in [0.3, 0.4) is 0 Å². The molecule has 0 bridgehead atoms. The Bertz CT molecular complexity index is 3070. The first-order valence-corrected chi connectivity index (χ1v) is 28.6. The third-order valence-electron chi connectivity index (χ3n) is 11.9. The summed E-state index contributed by atoms with van der Waals surface area (Å²) in [6.45, 7) is 4.02. The summed E-state index contributed by atoms with van der Waals surface area (Å²) >= 11 is 0. The minimum Gasteiger partial charge on any atom is -0.491 e. The molecule has 0 saturated heterocycles. The topological polar surface area (TPSA) is 548 Å². The van der Waals surface area contributed by atoms with Gasteiger partial charge in [0.15, 0.2) is 17.5 Å². The maximum Gasteiger partial charge on any atom is 0.290 e. The minimum absolute atomic E-state index is 0. The van der Waals surface area contributed by atoms with Crippen LogP contribution < -0.4 is 62.8 Å². The van der Waals surface area contributed by atoms with Crippen molar-refractivity contribution < 1.29 is 102 Å². The first-order valence-electron chi connectivity index (χ1n) is 28.6. The fourth-order valence-electron chi connectivity index (χ4n) is 7.30. The van der Waals surface area contributed by atoms with E-state index in [2.05, 4.69) is 15.5 Å². The largest absolute Gasteiger partial charge is 0.491 e. The van der Waals surface area contributed by atoms with Gasteiger partial charge in [-0.25, -0.2) is 0 Å². The molecule has 0 saturated carbocycles. The van der Waals surface area contributed by atoms with E-state index < -0.39 is 6.10 Å². The number of carbonyl (C=O) groups is 3. The molecule has 0 aliphatic carbocycles. The molecule has 0 spiro atoms. The summed E-state index contributed by atoms with van der Waals surface area (Å²) in [7, 11) is 0. The van der Waals surface area contributed by atoms with Crippen molar-refractivity contribution in [1.82, 2.24) is 0 Å². The van der Waals surface area contributed by atoms with Crippen molar-refractivity contribution in [2.75, 3.05) is 106 Å². The van der Waals surface area contributed by atoms with Crippen LogP contribution in [-0.2, 0) is 42.8 Å². The lowest BCUT2D eigenvalue weighted by atomic mass is 10.2. The normalized spacial score (nSPS) is 11.2. The molecule has 6 rings (SSSR count). The molecule has 6 aromatic carbocycles. The van der Waals surface area contributed by atoms with E-state index in [1.54, 1.807) is 146 Å². The number of oxime groups is 3. The molecule has 0 aromatic heterocycles. The Kier molecular flexibility index (Phi) is 47.5. The predicted octanol–water partition coefficient (Wildman–Crippen LogP) is 4.79. The third kappa shape index (κ3) is 38.0. The number of carboxylic acid groups (broad SMARTS) is 3. The van der Waals surface area contributed by atoms with Crippen molar-refractivity contribution in [1.29, 1.82) is 16.2 Å². The Labute approximate surface area is 567 Å². The molecule has 33 nitrogen and oxygen atoms in total. The molecule has 0 aliphatic heterocycles. The van der Waals surface area contributed by atoms with Gasteiger partial charge in [-0.1, -0.05) is 30.3 Å². The second-order valence-electron chi connectivity index (χ2n) is 18.5. The summed E-state index contributed by atoms with van der Waals surface area (Å²) in [5.41, 5.74) is 36.8. The molecular weight excluding hydrogens is 1280 g/mol. The fourth-order valence-corrected chi connectivity index (χ4v) is 7.30. The number of benzene rings is 6. The zero-order valence-corrected chi connectivity index (χ0v) is 52.2. The fraction of sp³-hybridized carbons (Fsp3) is 0.308. The monoisotopic (exact) mass is 1370 g/mol. The second-order valence-corrected chi connectivity index (χ2v) is 18.5. The van der Waals surface area contributed by atoms with Crippen LogP contribution in [0.2, 0.25) is 0 Å². The highest BCUT2D eigenvalue weighted by Gasteiger charge is 2.14. The molecule has 0 heterocycles. The molecule has 98 heavy (non-hydrogen) atoms. The summed E-state index contributed by atoms with van der Waals surface area (Å²) in [6, 6.07) is 41.2.